The van der Waals surface area contributed by atoms with Crippen molar-refractivity contribution in [1.29, 1.82) is 0 Å². The van der Waals surface area contributed by atoms with E-state index in [9.17, 15) is 14.9 Å². The van der Waals surface area contributed by atoms with Gasteiger partial charge in [0.2, 0.25) is 5.90 Å². The van der Waals surface area contributed by atoms with Crippen molar-refractivity contribution in [3.05, 3.63) is 87.6 Å². The summed E-state index contributed by atoms with van der Waals surface area (Å²) in [4.78, 5) is 26.1. The third-order valence-corrected chi connectivity index (χ3v) is 3.26. The van der Waals surface area contributed by atoms with Crippen molar-refractivity contribution in [2.45, 2.75) is 0 Å². The number of benzene rings is 2. The molecule has 1 aliphatic heterocycles. The largest absolute Gasteiger partial charge is 0.403 e. The topological polar surface area (TPSA) is 81.8 Å². The highest BCUT2D eigenvalue weighted by Gasteiger charge is 2.21. The van der Waals surface area contributed by atoms with E-state index in [-0.39, 0.29) is 17.3 Å². The Morgan fingerprint density at radius 1 is 0.958 bits per heavy atom. The van der Waals surface area contributed by atoms with Crippen LogP contribution in [-0.4, -0.2) is 16.8 Å². The van der Waals surface area contributed by atoms with E-state index < -0.39 is 10.9 Å². The Hall–Kier alpha value is -3.54. The van der Waals surface area contributed by atoms with Gasteiger partial charge in [-0.15, -0.1) is 0 Å². The fourth-order valence-electron chi connectivity index (χ4n) is 2.08. The smallest absolute Gasteiger partial charge is 0.363 e. The van der Waals surface area contributed by atoms with E-state index in [0.717, 1.165) is 5.56 Å². The fraction of sp³-hybridized carbons (Fsp3) is 0. The molecular formula is C18H12N2O4. The summed E-state index contributed by atoms with van der Waals surface area (Å²) in [7, 11) is 0. The molecule has 1 heterocycles. The first-order valence-corrected chi connectivity index (χ1v) is 7.12. The molecule has 0 amide bonds. The average Bonchev–Trinajstić information content (AvgIpc) is 2.94. The number of nitrogens with zero attached hydrogens (tertiary/aromatic N) is 2. The second kappa shape index (κ2) is 6.70. The number of cyclic esters (lactones) is 1. The molecule has 2 aromatic rings. The Bertz CT molecular complexity index is 866. The van der Waals surface area contributed by atoms with Crippen LogP contribution in [0.5, 0.6) is 0 Å². The van der Waals surface area contributed by atoms with Crippen LogP contribution < -0.4 is 0 Å². The molecule has 0 bridgehead atoms. The van der Waals surface area contributed by atoms with Gasteiger partial charge in [0.25, 0.3) is 5.69 Å². The van der Waals surface area contributed by atoms with E-state index in [4.69, 9.17) is 4.74 Å². The Kier molecular flexibility index (Phi) is 4.29. The third-order valence-electron chi connectivity index (χ3n) is 3.26. The Morgan fingerprint density at radius 3 is 2.33 bits per heavy atom. The number of non-ortho nitro benzene ring substituents is 1. The van der Waals surface area contributed by atoms with Gasteiger partial charge in [-0.1, -0.05) is 30.3 Å². The lowest BCUT2D eigenvalue weighted by Crippen LogP contribution is -2.01. The molecule has 0 aliphatic carbocycles. The van der Waals surface area contributed by atoms with E-state index in [1.54, 1.807) is 24.3 Å². The minimum Gasteiger partial charge on any atom is -0.403 e. The van der Waals surface area contributed by atoms with Crippen LogP contribution in [0.25, 0.3) is 12.2 Å². The summed E-state index contributed by atoms with van der Waals surface area (Å²) >= 11 is 0. The average molecular weight is 320 g/mol. The Labute approximate surface area is 137 Å². The van der Waals surface area contributed by atoms with E-state index in [0.29, 0.717) is 5.56 Å². The molecule has 0 aromatic heterocycles. The van der Waals surface area contributed by atoms with Gasteiger partial charge in [-0.05, 0) is 35.4 Å². The zero-order valence-electron chi connectivity index (χ0n) is 12.5. The van der Waals surface area contributed by atoms with Crippen LogP contribution >= 0.6 is 0 Å². The maximum Gasteiger partial charge on any atom is 0.363 e. The van der Waals surface area contributed by atoms with E-state index in [1.165, 1.54) is 18.2 Å². The SMILES string of the molecule is O=C1OC(/C=C/c2ccccc2)=NC1=Cc1ccc([N+](=O)[O-])cc1. The summed E-state index contributed by atoms with van der Waals surface area (Å²) in [5.41, 5.74) is 1.73. The molecule has 1 aliphatic rings. The van der Waals surface area contributed by atoms with Crippen molar-refractivity contribution in [3.63, 3.8) is 0 Å². The molecule has 0 atom stereocenters. The number of nitro benzene ring substituents is 1. The Morgan fingerprint density at radius 2 is 1.67 bits per heavy atom. The van der Waals surface area contributed by atoms with Crippen molar-refractivity contribution >= 4 is 29.7 Å². The molecule has 0 unspecified atom stereocenters. The molecule has 0 spiro atoms. The first-order valence-electron chi connectivity index (χ1n) is 7.12. The summed E-state index contributed by atoms with van der Waals surface area (Å²) in [5.74, 6) is -0.349. The molecule has 6 nitrogen and oxygen atoms in total. The normalized spacial score (nSPS) is 15.6. The molecule has 0 saturated heterocycles. The van der Waals surface area contributed by atoms with Gasteiger partial charge < -0.3 is 4.74 Å². The van der Waals surface area contributed by atoms with Gasteiger partial charge >= 0.3 is 5.97 Å². The van der Waals surface area contributed by atoms with E-state index in [2.05, 4.69) is 4.99 Å². The first kappa shape index (κ1) is 15.4. The summed E-state index contributed by atoms with van der Waals surface area (Å²) in [5, 5.41) is 10.6. The van der Waals surface area contributed by atoms with E-state index in [1.807, 2.05) is 30.3 Å². The lowest BCUT2D eigenvalue weighted by Gasteiger charge is -1.94. The van der Waals surface area contributed by atoms with Gasteiger partial charge in [0, 0.05) is 18.2 Å². The number of ether oxygens (including phenoxy) is 1. The molecular weight excluding hydrogens is 308 g/mol. The number of carbonyl (C=O) groups is 1. The molecule has 0 radical (unpaired) electrons. The maximum atomic E-state index is 11.8. The van der Waals surface area contributed by atoms with Crippen LogP contribution in [0.1, 0.15) is 11.1 Å². The van der Waals surface area contributed by atoms with Gasteiger partial charge in [-0.3, -0.25) is 10.1 Å². The maximum absolute atomic E-state index is 11.8. The van der Waals surface area contributed by atoms with Crippen LogP contribution in [0, 0.1) is 10.1 Å². The molecule has 3 rings (SSSR count). The van der Waals surface area contributed by atoms with Gasteiger partial charge in [-0.25, -0.2) is 9.79 Å². The van der Waals surface area contributed by atoms with Gasteiger partial charge in [0.05, 0.1) is 4.92 Å². The van der Waals surface area contributed by atoms with Crippen LogP contribution in [0.2, 0.25) is 0 Å². The molecule has 0 fully saturated rings. The molecule has 0 saturated carbocycles. The van der Waals surface area contributed by atoms with Crippen LogP contribution in [0.4, 0.5) is 5.69 Å². The highest BCUT2D eigenvalue weighted by molar-refractivity contribution is 6.11. The monoisotopic (exact) mass is 320 g/mol. The quantitative estimate of drug-likeness (QED) is 0.373. The van der Waals surface area contributed by atoms with E-state index >= 15 is 0 Å². The molecule has 0 N–H and O–H groups in total. The van der Waals surface area contributed by atoms with Crippen molar-refractivity contribution in [2.24, 2.45) is 4.99 Å². The highest BCUT2D eigenvalue weighted by atomic mass is 16.6. The molecule has 2 aromatic carbocycles. The molecule has 24 heavy (non-hydrogen) atoms. The fourth-order valence-corrected chi connectivity index (χ4v) is 2.08. The van der Waals surface area contributed by atoms with Crippen LogP contribution in [0.15, 0.2) is 71.4 Å². The number of rotatable bonds is 4. The Balaban J connectivity index is 1.78. The standard InChI is InChI=1S/C18H12N2O4/c21-18-16(12-14-6-9-15(10-7-14)20(22)23)19-17(24-18)11-8-13-4-2-1-3-5-13/h1-12H/b11-8+,16-12?. The number of hydrogen-bond donors (Lipinski definition) is 0. The summed E-state index contributed by atoms with van der Waals surface area (Å²) in [6.45, 7) is 0. The molecule has 6 heteroatoms. The summed E-state index contributed by atoms with van der Waals surface area (Å²) < 4.78 is 5.08. The van der Waals surface area contributed by atoms with Crippen molar-refractivity contribution in [1.82, 2.24) is 0 Å². The van der Waals surface area contributed by atoms with Gasteiger partial charge in [-0.2, -0.15) is 0 Å². The highest BCUT2D eigenvalue weighted by Crippen LogP contribution is 2.18. The lowest BCUT2D eigenvalue weighted by molar-refractivity contribution is -0.384. The lowest BCUT2D eigenvalue weighted by atomic mass is 10.2. The number of hydrogen-bond acceptors (Lipinski definition) is 5. The predicted molar refractivity (Wildman–Crippen MR) is 90.1 cm³/mol. The van der Waals surface area contributed by atoms with Crippen LogP contribution in [-0.2, 0) is 9.53 Å². The van der Waals surface area contributed by atoms with Gasteiger partial charge in [0.1, 0.15) is 0 Å². The minimum atomic E-state index is -0.555. The first-order chi connectivity index (χ1) is 11.6. The van der Waals surface area contributed by atoms with Gasteiger partial charge in [0.15, 0.2) is 5.70 Å². The minimum absolute atomic E-state index is 0.0128. The second-order valence-corrected chi connectivity index (χ2v) is 4.96. The predicted octanol–water partition coefficient (Wildman–Crippen LogP) is 3.60. The third kappa shape index (κ3) is 3.61. The zero-order valence-corrected chi connectivity index (χ0v) is 12.5. The number of aliphatic imine (C=N–C) groups is 1. The zero-order chi connectivity index (χ0) is 16.9. The van der Waals surface area contributed by atoms with Crippen LogP contribution in [0.3, 0.4) is 0 Å². The number of carbonyl (C=O) groups excluding carboxylic acids is 1. The van der Waals surface area contributed by atoms with Crippen molar-refractivity contribution < 1.29 is 14.5 Å². The van der Waals surface area contributed by atoms with Crippen molar-refractivity contribution in [2.75, 3.05) is 0 Å². The van der Waals surface area contributed by atoms with Crippen molar-refractivity contribution in [3.8, 4) is 0 Å². The molecule has 118 valence electrons. The number of esters is 1. The summed E-state index contributed by atoms with van der Waals surface area (Å²) in [6, 6.07) is 15.4. The second-order valence-electron chi connectivity index (χ2n) is 4.96. The number of nitro groups is 1. The summed E-state index contributed by atoms with van der Waals surface area (Å²) in [6.07, 6.45) is 4.93.